The van der Waals surface area contributed by atoms with Gasteiger partial charge in [0.05, 0.1) is 36.1 Å². The van der Waals surface area contributed by atoms with E-state index < -0.39 is 59.4 Å². The first kappa shape index (κ1) is 38.6. The van der Waals surface area contributed by atoms with E-state index >= 15 is 4.39 Å². The summed E-state index contributed by atoms with van der Waals surface area (Å²) in [6, 6.07) is 12.1. The van der Waals surface area contributed by atoms with Gasteiger partial charge in [-0.1, -0.05) is 6.07 Å². The number of amides is 1. The second-order valence-electron chi connectivity index (χ2n) is 12.9. The van der Waals surface area contributed by atoms with Gasteiger partial charge >= 0.3 is 12.1 Å². The van der Waals surface area contributed by atoms with E-state index in [-0.39, 0.29) is 54.8 Å². The van der Waals surface area contributed by atoms with Crippen molar-refractivity contribution >= 4 is 11.9 Å². The van der Waals surface area contributed by atoms with Gasteiger partial charge < -0.3 is 20.1 Å². The molecule has 0 spiro atoms. The number of halogens is 6. The fourth-order valence-corrected chi connectivity index (χ4v) is 6.28. The molecular formula is C38H34F6N4O5. The number of carboxylic acids is 1. The van der Waals surface area contributed by atoms with Crippen LogP contribution >= 0.6 is 0 Å². The zero-order valence-electron chi connectivity index (χ0n) is 28.5. The number of hydrogen-bond acceptors (Lipinski definition) is 6. The first-order valence-electron chi connectivity index (χ1n) is 16.4. The lowest BCUT2D eigenvalue weighted by molar-refractivity contribution is -0.139. The maximum atomic E-state index is 15.3. The average Bonchev–Trinajstić information content (AvgIpc) is 3.07. The quantitative estimate of drug-likeness (QED) is 0.200. The number of nitriles is 1. The molecule has 1 saturated heterocycles. The number of pyridine rings is 1. The smallest absolute Gasteiger partial charge is 0.416 e. The number of aromatic nitrogens is 1. The van der Waals surface area contributed by atoms with E-state index in [0.717, 1.165) is 6.20 Å². The lowest BCUT2D eigenvalue weighted by atomic mass is 9.91. The average molecular weight is 741 g/mol. The number of aromatic amines is 1. The van der Waals surface area contributed by atoms with Crippen molar-refractivity contribution in [2.75, 3.05) is 19.6 Å². The van der Waals surface area contributed by atoms with E-state index in [0.29, 0.717) is 46.2 Å². The second-order valence-corrected chi connectivity index (χ2v) is 12.9. The fourth-order valence-electron chi connectivity index (χ4n) is 6.28. The van der Waals surface area contributed by atoms with E-state index in [1.807, 2.05) is 0 Å². The van der Waals surface area contributed by atoms with E-state index in [2.05, 4.69) is 16.4 Å². The highest BCUT2D eigenvalue weighted by Gasteiger charge is 2.34. The number of aryl methyl sites for hydroxylation is 2. The Hall–Kier alpha value is -5.62. The van der Waals surface area contributed by atoms with Crippen molar-refractivity contribution < 1.29 is 45.8 Å². The van der Waals surface area contributed by atoms with E-state index in [1.165, 1.54) is 24.3 Å². The van der Waals surface area contributed by atoms with Crippen molar-refractivity contribution in [1.82, 2.24) is 15.2 Å². The number of alkyl halides is 4. The Bertz CT molecular complexity index is 2140. The molecule has 0 radical (unpaired) electrons. The standard InChI is InChI=1S/C27H22F2N2O4.C11H12F4N2O/c1-14-5-17(12-30)8-23-26(14)19-6-15(2)27(29)20(9-19)22(11-25(33)34)31-24(32)10-18-7-16(13-35-23)3-4-21(18)28;12-8-5-17(6-8)2-1-7-4-16-10(18)3-9(7)11(13,14)15/h3-9,22H,10-11,13H2,1-2H3,(H,31,32)(H,33,34);3-4,8H,1-2,5-6H2,(H,16,18)/t22-;/m0./s1. The van der Waals surface area contributed by atoms with Crippen LogP contribution in [0.5, 0.6) is 5.75 Å². The molecule has 4 bridgehead atoms. The molecule has 53 heavy (non-hydrogen) atoms. The molecule has 2 aliphatic rings. The molecule has 1 fully saturated rings. The second kappa shape index (κ2) is 16.0. The summed E-state index contributed by atoms with van der Waals surface area (Å²) in [4.78, 5) is 39.2. The lowest BCUT2D eigenvalue weighted by Crippen LogP contribution is -2.49. The fraction of sp³-hybridized carbons (Fsp3) is 0.316. The zero-order valence-corrected chi connectivity index (χ0v) is 28.5. The van der Waals surface area contributed by atoms with Crippen LogP contribution in [0.4, 0.5) is 26.3 Å². The van der Waals surface area contributed by atoms with Gasteiger partial charge in [0.15, 0.2) is 0 Å². The maximum absolute atomic E-state index is 15.3. The van der Waals surface area contributed by atoms with Gasteiger partial charge in [0.1, 0.15) is 30.2 Å². The number of hydrogen-bond donors (Lipinski definition) is 3. The van der Waals surface area contributed by atoms with Gasteiger partial charge in [-0.3, -0.25) is 19.3 Å². The number of fused-ring (bicyclic) bond motifs is 6. The Balaban J connectivity index is 0.000000252. The first-order chi connectivity index (χ1) is 25.0. The third-order valence-corrected chi connectivity index (χ3v) is 8.87. The van der Waals surface area contributed by atoms with E-state index in [9.17, 15) is 46.7 Å². The summed E-state index contributed by atoms with van der Waals surface area (Å²) in [6.45, 7) is 4.28. The number of H-pyrrole nitrogens is 1. The molecule has 0 aliphatic carbocycles. The Morgan fingerprint density at radius 1 is 1.06 bits per heavy atom. The minimum absolute atomic E-state index is 0.00302. The summed E-state index contributed by atoms with van der Waals surface area (Å²) >= 11 is 0. The molecule has 6 rings (SSSR count). The lowest BCUT2D eigenvalue weighted by Gasteiger charge is -2.34. The summed E-state index contributed by atoms with van der Waals surface area (Å²) in [7, 11) is 0. The molecule has 1 amide bonds. The van der Waals surface area contributed by atoms with E-state index in [4.69, 9.17) is 4.74 Å². The Morgan fingerprint density at radius 2 is 1.79 bits per heavy atom. The minimum atomic E-state index is -4.54. The van der Waals surface area contributed by atoms with Crippen LogP contribution < -0.4 is 15.6 Å². The van der Waals surface area contributed by atoms with Crippen molar-refractivity contribution in [2.45, 2.75) is 58.1 Å². The van der Waals surface area contributed by atoms with Crippen molar-refractivity contribution in [3.63, 3.8) is 0 Å². The highest BCUT2D eigenvalue weighted by molar-refractivity contribution is 5.81. The van der Waals surface area contributed by atoms with E-state index in [1.54, 1.807) is 36.9 Å². The van der Waals surface area contributed by atoms with Crippen LogP contribution in [-0.2, 0) is 35.2 Å². The molecule has 3 aromatic carbocycles. The molecule has 0 unspecified atom stereocenters. The Morgan fingerprint density at radius 3 is 2.45 bits per heavy atom. The normalized spacial score (nSPS) is 16.1. The number of likely N-dealkylation sites (tertiary alicyclic amines) is 1. The maximum Gasteiger partial charge on any atom is 0.416 e. The van der Waals surface area contributed by atoms with Gasteiger partial charge in [-0.2, -0.15) is 18.4 Å². The number of carbonyl (C=O) groups excluding carboxylic acids is 1. The van der Waals surface area contributed by atoms with Gasteiger partial charge in [0.2, 0.25) is 11.5 Å². The van der Waals surface area contributed by atoms with Crippen molar-refractivity contribution in [1.29, 1.82) is 5.26 Å². The van der Waals surface area contributed by atoms with Crippen LogP contribution in [0, 0.1) is 36.8 Å². The van der Waals surface area contributed by atoms with Gasteiger partial charge in [-0.15, -0.1) is 0 Å². The topological polar surface area (TPSA) is 136 Å². The molecule has 2 aliphatic heterocycles. The number of carboxylic acid groups (broad SMARTS) is 1. The Labute approximate surface area is 299 Å². The van der Waals surface area contributed by atoms with Gasteiger partial charge in [-0.25, -0.2) is 13.2 Å². The monoisotopic (exact) mass is 740 g/mol. The molecule has 1 atom stereocenters. The SMILES string of the molecule is Cc1cc2cc(c1F)[C@H](CC(=O)O)NC(=O)Cc1cc(ccc1F)COc1cc(C#N)cc(C)c1-2.O=c1cc(C(F)(F)F)c(CCN2CC(F)C2)c[nH]1. The Kier molecular flexibility index (Phi) is 11.6. The summed E-state index contributed by atoms with van der Waals surface area (Å²) < 4.78 is 86.4. The third-order valence-electron chi connectivity index (χ3n) is 8.87. The van der Waals surface area contributed by atoms with Gasteiger partial charge in [-0.05, 0) is 90.0 Å². The highest BCUT2D eigenvalue weighted by Crippen LogP contribution is 2.38. The largest absolute Gasteiger partial charge is 0.488 e. The van der Waals surface area contributed by atoms with Crippen molar-refractivity contribution in [3.8, 4) is 22.9 Å². The van der Waals surface area contributed by atoms with Crippen LogP contribution in [0.2, 0.25) is 0 Å². The molecule has 3 heterocycles. The number of nitrogens with one attached hydrogen (secondary N) is 2. The van der Waals surface area contributed by atoms with Crippen LogP contribution in [0.3, 0.4) is 0 Å². The number of aliphatic carboxylic acids is 1. The molecule has 9 nitrogen and oxygen atoms in total. The van der Waals surface area contributed by atoms with Gasteiger partial charge in [0.25, 0.3) is 0 Å². The molecule has 3 N–H and O–H groups in total. The number of nitrogens with zero attached hydrogens (tertiary/aromatic N) is 2. The highest BCUT2D eigenvalue weighted by atomic mass is 19.4. The number of carbonyl (C=O) groups is 2. The summed E-state index contributed by atoms with van der Waals surface area (Å²) in [5.74, 6) is -2.74. The molecule has 0 saturated carbocycles. The first-order valence-corrected chi connectivity index (χ1v) is 16.4. The molecule has 1 aromatic heterocycles. The molecule has 278 valence electrons. The van der Waals surface area contributed by atoms with Gasteiger partial charge in [0, 0.05) is 43.0 Å². The minimum Gasteiger partial charge on any atom is -0.488 e. The molecular weight excluding hydrogens is 706 g/mol. The number of rotatable bonds is 5. The number of ether oxygens (including phenoxy) is 1. The van der Waals surface area contributed by atoms with Crippen LogP contribution in [0.1, 0.15) is 57.0 Å². The summed E-state index contributed by atoms with van der Waals surface area (Å²) in [5.41, 5.74) is 1.52. The summed E-state index contributed by atoms with van der Waals surface area (Å²) in [5, 5.41) is 21.5. The van der Waals surface area contributed by atoms with Crippen LogP contribution in [0.15, 0.2) is 59.5 Å². The third kappa shape index (κ3) is 9.44. The zero-order chi connectivity index (χ0) is 38.6. The molecule has 15 heteroatoms. The van der Waals surface area contributed by atoms with Crippen LogP contribution in [0.25, 0.3) is 11.1 Å². The van der Waals surface area contributed by atoms with Crippen LogP contribution in [-0.4, -0.2) is 52.7 Å². The van der Waals surface area contributed by atoms with Crippen molar-refractivity contribution in [2.24, 2.45) is 0 Å². The summed E-state index contributed by atoms with van der Waals surface area (Å²) in [6.07, 6.45) is -5.12. The predicted octanol–water partition coefficient (Wildman–Crippen LogP) is 6.48. The molecule has 4 aromatic rings. The predicted molar refractivity (Wildman–Crippen MR) is 181 cm³/mol. The van der Waals surface area contributed by atoms with Crippen molar-refractivity contribution in [3.05, 3.63) is 121 Å². The number of benzene rings is 3.